The van der Waals surface area contributed by atoms with Crippen LogP contribution < -0.4 is 15.4 Å². The van der Waals surface area contributed by atoms with Crippen LogP contribution in [-0.2, 0) is 14.3 Å². The summed E-state index contributed by atoms with van der Waals surface area (Å²) >= 11 is 0. The first-order valence-corrected chi connectivity index (χ1v) is 7.42. The summed E-state index contributed by atoms with van der Waals surface area (Å²) in [4.78, 5) is 23.3. The van der Waals surface area contributed by atoms with E-state index in [1.54, 1.807) is 24.3 Å². The zero-order valence-corrected chi connectivity index (χ0v) is 14.2. The molecule has 1 aromatic rings. The number of hydrogen-bond donors (Lipinski definition) is 2. The molecule has 1 aromatic carbocycles. The molecule has 7 heteroatoms. The van der Waals surface area contributed by atoms with Gasteiger partial charge in [-0.25, -0.2) is 4.79 Å². The Labute approximate surface area is 142 Å². The number of piperidine rings is 1. The Kier molecular flexibility index (Phi) is 7.85. The lowest BCUT2D eigenvalue weighted by Crippen LogP contribution is -2.40. The number of carbonyl (C=O) groups excluding carboxylic acids is 2. The molecule has 1 saturated heterocycles. The van der Waals surface area contributed by atoms with E-state index in [2.05, 4.69) is 22.3 Å². The molecule has 0 unspecified atom stereocenters. The van der Waals surface area contributed by atoms with Gasteiger partial charge in [-0.3, -0.25) is 4.79 Å². The number of carbonyl (C=O) groups is 2. The van der Waals surface area contributed by atoms with E-state index in [1.165, 1.54) is 7.11 Å². The van der Waals surface area contributed by atoms with E-state index in [4.69, 9.17) is 4.74 Å². The fourth-order valence-electron chi connectivity index (χ4n) is 2.48. The van der Waals surface area contributed by atoms with E-state index < -0.39 is 5.97 Å². The van der Waals surface area contributed by atoms with Gasteiger partial charge in [-0.05, 0) is 38.4 Å². The lowest BCUT2D eigenvalue weighted by atomic mass is 9.92. The van der Waals surface area contributed by atoms with Crippen LogP contribution in [0.5, 0.6) is 5.75 Å². The Morgan fingerprint density at radius 1 is 1.39 bits per heavy atom. The summed E-state index contributed by atoms with van der Waals surface area (Å²) in [6, 6.07) is 7.36. The van der Waals surface area contributed by atoms with Gasteiger partial charge in [-0.1, -0.05) is 6.07 Å². The normalized spacial score (nSPS) is 20.1. The Hall–Kier alpha value is -1.79. The SMILES string of the molecule is COC(=O)COc1cccc(NC(=O)[C@H]2CCN[C@@H](C)C2)c1.Cl. The van der Waals surface area contributed by atoms with E-state index in [9.17, 15) is 9.59 Å². The Morgan fingerprint density at radius 3 is 2.87 bits per heavy atom. The molecule has 6 nitrogen and oxygen atoms in total. The summed E-state index contributed by atoms with van der Waals surface area (Å²) in [7, 11) is 1.31. The van der Waals surface area contributed by atoms with Crippen molar-refractivity contribution in [3.63, 3.8) is 0 Å². The highest BCUT2D eigenvalue weighted by Crippen LogP contribution is 2.21. The molecule has 1 amide bonds. The number of amides is 1. The number of benzene rings is 1. The Bertz CT molecular complexity index is 539. The molecule has 0 spiro atoms. The zero-order chi connectivity index (χ0) is 15.9. The molecule has 0 aromatic heterocycles. The zero-order valence-electron chi connectivity index (χ0n) is 13.3. The van der Waals surface area contributed by atoms with Crippen LogP contribution in [0, 0.1) is 5.92 Å². The van der Waals surface area contributed by atoms with Crippen LogP contribution in [0.3, 0.4) is 0 Å². The van der Waals surface area contributed by atoms with Crippen molar-refractivity contribution in [2.45, 2.75) is 25.8 Å². The number of methoxy groups -OCH3 is 1. The van der Waals surface area contributed by atoms with Crippen molar-refractivity contribution >= 4 is 30.0 Å². The number of nitrogens with one attached hydrogen (secondary N) is 2. The molecule has 0 saturated carbocycles. The number of ether oxygens (including phenoxy) is 2. The van der Waals surface area contributed by atoms with E-state index >= 15 is 0 Å². The highest BCUT2D eigenvalue weighted by Gasteiger charge is 2.24. The quantitative estimate of drug-likeness (QED) is 0.800. The molecule has 2 atom stereocenters. The summed E-state index contributed by atoms with van der Waals surface area (Å²) in [5.41, 5.74) is 0.665. The van der Waals surface area contributed by atoms with E-state index in [-0.39, 0.29) is 30.8 Å². The second-order valence-corrected chi connectivity index (χ2v) is 5.46. The van der Waals surface area contributed by atoms with Crippen LogP contribution in [0.15, 0.2) is 24.3 Å². The Balaban J connectivity index is 0.00000264. The summed E-state index contributed by atoms with van der Waals surface area (Å²) in [6.07, 6.45) is 1.68. The second-order valence-electron chi connectivity index (χ2n) is 5.46. The first kappa shape index (κ1) is 19.3. The summed E-state index contributed by atoms with van der Waals surface area (Å²) in [5, 5.41) is 6.24. The number of hydrogen-bond acceptors (Lipinski definition) is 5. The minimum atomic E-state index is -0.446. The fraction of sp³-hybridized carbons (Fsp3) is 0.500. The van der Waals surface area contributed by atoms with Gasteiger partial charge in [0.1, 0.15) is 5.75 Å². The van der Waals surface area contributed by atoms with Crippen molar-refractivity contribution in [3.05, 3.63) is 24.3 Å². The monoisotopic (exact) mass is 342 g/mol. The van der Waals surface area contributed by atoms with Gasteiger partial charge in [0, 0.05) is 23.7 Å². The highest BCUT2D eigenvalue weighted by molar-refractivity contribution is 5.92. The van der Waals surface area contributed by atoms with Gasteiger partial charge >= 0.3 is 5.97 Å². The fourth-order valence-corrected chi connectivity index (χ4v) is 2.48. The summed E-state index contributed by atoms with van der Waals surface area (Å²) in [5.74, 6) is 0.120. The van der Waals surface area contributed by atoms with Crippen molar-refractivity contribution in [1.29, 1.82) is 0 Å². The molecule has 0 radical (unpaired) electrons. The van der Waals surface area contributed by atoms with Crippen LogP contribution in [0.2, 0.25) is 0 Å². The van der Waals surface area contributed by atoms with Crippen molar-refractivity contribution in [2.24, 2.45) is 5.92 Å². The van der Waals surface area contributed by atoms with Gasteiger partial charge in [0.15, 0.2) is 6.61 Å². The van der Waals surface area contributed by atoms with Crippen molar-refractivity contribution in [1.82, 2.24) is 5.32 Å². The maximum Gasteiger partial charge on any atom is 0.343 e. The van der Waals surface area contributed by atoms with Crippen molar-refractivity contribution < 1.29 is 19.1 Å². The maximum absolute atomic E-state index is 12.3. The van der Waals surface area contributed by atoms with Crippen LogP contribution in [-0.4, -0.2) is 38.2 Å². The highest BCUT2D eigenvalue weighted by atomic mass is 35.5. The third kappa shape index (κ3) is 6.08. The number of anilines is 1. The van der Waals surface area contributed by atoms with Crippen LogP contribution in [0.1, 0.15) is 19.8 Å². The lowest BCUT2D eigenvalue weighted by Gasteiger charge is -2.27. The molecule has 1 fully saturated rings. The molecule has 1 heterocycles. The standard InChI is InChI=1S/C16H22N2O4.ClH/c1-11-8-12(6-7-17-11)16(20)18-13-4-3-5-14(9-13)22-10-15(19)21-2;/h3-5,9,11-12,17H,6-8,10H2,1-2H3,(H,18,20);1H/t11-,12-;/m0./s1. The summed E-state index contributed by atoms with van der Waals surface area (Å²) in [6.45, 7) is 2.79. The average Bonchev–Trinajstić information content (AvgIpc) is 2.53. The average molecular weight is 343 g/mol. The van der Waals surface area contributed by atoms with Crippen LogP contribution in [0.4, 0.5) is 5.69 Å². The van der Waals surface area contributed by atoms with Crippen LogP contribution >= 0.6 is 12.4 Å². The predicted molar refractivity (Wildman–Crippen MR) is 90.0 cm³/mol. The molecule has 2 N–H and O–H groups in total. The minimum Gasteiger partial charge on any atom is -0.482 e. The molecular weight excluding hydrogens is 320 g/mol. The van der Waals surface area contributed by atoms with E-state index in [1.807, 2.05) is 0 Å². The summed E-state index contributed by atoms with van der Waals surface area (Å²) < 4.78 is 9.82. The number of halogens is 1. The minimum absolute atomic E-state index is 0. The first-order valence-electron chi connectivity index (χ1n) is 7.42. The molecule has 1 aliphatic rings. The van der Waals surface area contributed by atoms with E-state index in [0.29, 0.717) is 17.5 Å². The molecule has 0 bridgehead atoms. The van der Waals surface area contributed by atoms with Gasteiger partial charge in [-0.15, -0.1) is 12.4 Å². The van der Waals surface area contributed by atoms with Gasteiger partial charge < -0.3 is 20.1 Å². The van der Waals surface area contributed by atoms with Gasteiger partial charge in [-0.2, -0.15) is 0 Å². The smallest absolute Gasteiger partial charge is 0.343 e. The molecule has 23 heavy (non-hydrogen) atoms. The van der Waals surface area contributed by atoms with Crippen molar-refractivity contribution in [2.75, 3.05) is 25.6 Å². The first-order chi connectivity index (χ1) is 10.6. The third-order valence-corrected chi connectivity index (χ3v) is 3.68. The van der Waals surface area contributed by atoms with Gasteiger partial charge in [0.25, 0.3) is 0 Å². The van der Waals surface area contributed by atoms with Gasteiger partial charge in [0.05, 0.1) is 7.11 Å². The molecule has 128 valence electrons. The largest absolute Gasteiger partial charge is 0.482 e. The van der Waals surface area contributed by atoms with Crippen molar-refractivity contribution in [3.8, 4) is 5.75 Å². The van der Waals surface area contributed by atoms with Gasteiger partial charge in [0.2, 0.25) is 5.91 Å². The maximum atomic E-state index is 12.3. The Morgan fingerprint density at radius 2 is 2.17 bits per heavy atom. The number of rotatable bonds is 5. The molecule has 0 aliphatic carbocycles. The molecular formula is C16H23ClN2O4. The topological polar surface area (TPSA) is 76.7 Å². The third-order valence-electron chi connectivity index (χ3n) is 3.68. The van der Waals surface area contributed by atoms with E-state index in [0.717, 1.165) is 19.4 Å². The van der Waals surface area contributed by atoms with Crippen LogP contribution in [0.25, 0.3) is 0 Å². The molecule has 1 aliphatic heterocycles. The molecule has 2 rings (SSSR count). The predicted octanol–water partition coefficient (Wildman–Crippen LogP) is 1.99. The number of esters is 1. The lowest BCUT2D eigenvalue weighted by molar-refractivity contribution is -0.142. The second kappa shape index (κ2) is 9.37.